The van der Waals surface area contributed by atoms with E-state index in [1.54, 1.807) is 0 Å². The first-order valence-corrected chi connectivity index (χ1v) is 6.13. The van der Waals surface area contributed by atoms with Crippen molar-refractivity contribution in [2.45, 2.75) is 6.54 Å². The van der Waals surface area contributed by atoms with Gasteiger partial charge in [0.2, 0.25) is 0 Å². The molecule has 0 bridgehead atoms. The Balaban J connectivity index is 1.86. The van der Waals surface area contributed by atoms with E-state index in [1.807, 2.05) is 35.0 Å². The number of nitrogens with zero attached hydrogens (tertiary/aromatic N) is 3. The number of hydrogen-bond donors (Lipinski definition) is 1. The van der Waals surface area contributed by atoms with Crippen LogP contribution in [0, 0.1) is 17.2 Å². The normalized spacial score (nSPS) is 16.7. The Bertz CT molecular complexity index is 605. The summed E-state index contributed by atoms with van der Waals surface area (Å²) >= 11 is 0. The highest BCUT2D eigenvalue weighted by atomic mass is 16.3. The van der Waals surface area contributed by atoms with E-state index in [0.29, 0.717) is 5.92 Å². The molecule has 1 fully saturated rings. The van der Waals surface area contributed by atoms with Gasteiger partial charge in [-0.25, -0.2) is 0 Å². The van der Waals surface area contributed by atoms with Gasteiger partial charge >= 0.3 is 0 Å². The molecule has 0 saturated carbocycles. The molecule has 1 N–H and O–H groups in total. The van der Waals surface area contributed by atoms with Crippen molar-refractivity contribution in [3.05, 3.63) is 41.7 Å². The molecule has 1 saturated heterocycles. The van der Waals surface area contributed by atoms with Crippen LogP contribution in [0.2, 0.25) is 0 Å². The van der Waals surface area contributed by atoms with Gasteiger partial charge in [-0.2, -0.15) is 5.26 Å². The number of aromatic nitrogens is 1. The van der Waals surface area contributed by atoms with E-state index >= 15 is 0 Å². The Morgan fingerprint density at radius 2 is 2.22 bits per heavy atom. The second-order valence-corrected chi connectivity index (χ2v) is 4.88. The summed E-state index contributed by atoms with van der Waals surface area (Å²) in [6.45, 7) is 2.90. The Morgan fingerprint density at radius 1 is 1.39 bits per heavy atom. The Morgan fingerprint density at radius 3 is 2.94 bits per heavy atom. The van der Waals surface area contributed by atoms with Gasteiger partial charge in [0.25, 0.3) is 0 Å². The maximum Gasteiger partial charge on any atom is 0.102 e. The molecule has 1 aliphatic rings. The lowest BCUT2D eigenvalue weighted by atomic mass is 10.0. The predicted octanol–water partition coefficient (Wildman–Crippen LogP) is 1.24. The third kappa shape index (κ3) is 1.78. The van der Waals surface area contributed by atoms with Crippen LogP contribution in [-0.2, 0) is 6.54 Å². The van der Waals surface area contributed by atoms with Crippen LogP contribution in [0.25, 0.3) is 5.52 Å². The first-order chi connectivity index (χ1) is 8.81. The minimum Gasteiger partial charge on any atom is -0.396 e. The van der Waals surface area contributed by atoms with Crippen LogP contribution >= 0.6 is 0 Å². The second kappa shape index (κ2) is 4.45. The fourth-order valence-corrected chi connectivity index (χ4v) is 2.59. The molecular formula is C14H15N3O. The van der Waals surface area contributed by atoms with Crippen molar-refractivity contribution in [2.24, 2.45) is 5.92 Å². The van der Waals surface area contributed by atoms with Crippen molar-refractivity contribution >= 4 is 5.52 Å². The topological polar surface area (TPSA) is 51.7 Å². The van der Waals surface area contributed by atoms with Gasteiger partial charge in [0.05, 0.1) is 11.1 Å². The predicted molar refractivity (Wildman–Crippen MR) is 68.0 cm³/mol. The van der Waals surface area contributed by atoms with Crippen LogP contribution in [0.5, 0.6) is 0 Å². The van der Waals surface area contributed by atoms with E-state index in [1.165, 1.54) is 0 Å². The lowest BCUT2D eigenvalue weighted by Gasteiger charge is -2.38. The molecule has 3 heterocycles. The smallest absolute Gasteiger partial charge is 0.102 e. The standard InChI is InChI=1S/C14H15N3O/c15-5-13-12(8-16-6-11(7-16)10-18)9-17-4-2-1-3-14(13)17/h1-4,9,11,18H,6-8,10H2. The molecule has 0 aromatic carbocycles. The average molecular weight is 241 g/mol. The van der Waals surface area contributed by atoms with E-state index in [0.717, 1.165) is 36.3 Å². The molecule has 0 radical (unpaired) electrons. The van der Waals surface area contributed by atoms with Gasteiger partial charge in [-0.05, 0) is 12.1 Å². The fraction of sp³-hybridized carbons (Fsp3) is 0.357. The highest BCUT2D eigenvalue weighted by Crippen LogP contribution is 2.23. The number of nitriles is 1. The Labute approximate surface area is 106 Å². The zero-order valence-corrected chi connectivity index (χ0v) is 10.1. The first-order valence-electron chi connectivity index (χ1n) is 6.13. The van der Waals surface area contributed by atoms with Crippen LogP contribution < -0.4 is 0 Å². The molecule has 0 amide bonds. The van der Waals surface area contributed by atoms with Crippen LogP contribution in [0.4, 0.5) is 0 Å². The SMILES string of the molecule is N#Cc1c(CN2CC(CO)C2)cn2ccccc12. The summed E-state index contributed by atoms with van der Waals surface area (Å²) in [6, 6.07) is 8.18. The van der Waals surface area contributed by atoms with Crippen molar-refractivity contribution in [1.82, 2.24) is 9.30 Å². The molecule has 0 aliphatic carbocycles. The number of aliphatic hydroxyl groups is 1. The fourth-order valence-electron chi connectivity index (χ4n) is 2.59. The molecular weight excluding hydrogens is 226 g/mol. The quantitative estimate of drug-likeness (QED) is 0.879. The van der Waals surface area contributed by atoms with E-state index in [9.17, 15) is 5.26 Å². The first kappa shape index (κ1) is 11.3. The van der Waals surface area contributed by atoms with Gasteiger partial charge in [0.15, 0.2) is 0 Å². The number of likely N-dealkylation sites (tertiary alicyclic amines) is 1. The van der Waals surface area contributed by atoms with Gasteiger partial charge in [-0.15, -0.1) is 0 Å². The summed E-state index contributed by atoms with van der Waals surface area (Å²) in [5.74, 6) is 0.410. The minimum absolute atomic E-state index is 0.263. The maximum atomic E-state index is 9.29. The molecule has 0 atom stereocenters. The summed E-state index contributed by atoms with van der Waals surface area (Å²) < 4.78 is 2.00. The lowest BCUT2D eigenvalue weighted by molar-refractivity contribution is 0.0479. The minimum atomic E-state index is 0.263. The van der Waals surface area contributed by atoms with Gasteiger partial charge in [-0.1, -0.05) is 6.07 Å². The number of fused-ring (bicyclic) bond motifs is 1. The summed E-state index contributed by atoms with van der Waals surface area (Å²) in [5, 5.41) is 18.3. The van der Waals surface area contributed by atoms with Gasteiger partial charge < -0.3 is 9.51 Å². The van der Waals surface area contributed by atoms with E-state index < -0.39 is 0 Å². The largest absolute Gasteiger partial charge is 0.396 e. The molecule has 2 aromatic rings. The third-order valence-corrected chi connectivity index (χ3v) is 3.56. The molecule has 18 heavy (non-hydrogen) atoms. The van der Waals surface area contributed by atoms with Crippen molar-refractivity contribution in [3.63, 3.8) is 0 Å². The molecule has 0 spiro atoms. The van der Waals surface area contributed by atoms with E-state index in [2.05, 4.69) is 11.0 Å². The lowest BCUT2D eigenvalue weighted by Crippen LogP contribution is -2.47. The number of pyridine rings is 1. The second-order valence-electron chi connectivity index (χ2n) is 4.88. The molecule has 4 nitrogen and oxygen atoms in total. The molecule has 2 aromatic heterocycles. The van der Waals surface area contributed by atoms with Crippen molar-refractivity contribution < 1.29 is 5.11 Å². The maximum absolute atomic E-state index is 9.29. The van der Waals surface area contributed by atoms with Crippen molar-refractivity contribution in [3.8, 4) is 6.07 Å². The highest BCUT2D eigenvalue weighted by Gasteiger charge is 2.26. The summed E-state index contributed by atoms with van der Waals surface area (Å²) in [7, 11) is 0. The zero-order valence-electron chi connectivity index (χ0n) is 10.1. The summed E-state index contributed by atoms with van der Waals surface area (Å²) in [6.07, 6.45) is 3.99. The monoisotopic (exact) mass is 241 g/mol. The number of hydrogen-bond acceptors (Lipinski definition) is 3. The molecule has 1 aliphatic heterocycles. The van der Waals surface area contributed by atoms with Crippen LogP contribution in [0.15, 0.2) is 30.6 Å². The molecule has 3 rings (SSSR count). The van der Waals surface area contributed by atoms with E-state index in [-0.39, 0.29) is 6.61 Å². The number of rotatable bonds is 3. The Kier molecular flexibility index (Phi) is 2.78. The zero-order chi connectivity index (χ0) is 12.5. The van der Waals surface area contributed by atoms with Crippen molar-refractivity contribution in [2.75, 3.05) is 19.7 Å². The summed E-state index contributed by atoms with van der Waals surface area (Å²) in [4.78, 5) is 2.26. The van der Waals surface area contributed by atoms with Crippen LogP contribution in [0.1, 0.15) is 11.1 Å². The van der Waals surface area contributed by atoms with Gasteiger partial charge in [0.1, 0.15) is 6.07 Å². The Hall–Kier alpha value is -1.83. The molecule has 4 heteroatoms. The van der Waals surface area contributed by atoms with Crippen LogP contribution in [0.3, 0.4) is 0 Å². The number of aliphatic hydroxyl groups excluding tert-OH is 1. The summed E-state index contributed by atoms with van der Waals surface area (Å²) in [5.41, 5.74) is 2.80. The van der Waals surface area contributed by atoms with Gasteiger partial charge in [0, 0.05) is 50.1 Å². The van der Waals surface area contributed by atoms with Crippen LogP contribution in [-0.4, -0.2) is 34.1 Å². The van der Waals surface area contributed by atoms with Gasteiger partial charge in [-0.3, -0.25) is 4.90 Å². The highest BCUT2D eigenvalue weighted by molar-refractivity contribution is 5.65. The van der Waals surface area contributed by atoms with Crippen molar-refractivity contribution in [1.29, 1.82) is 5.26 Å². The average Bonchev–Trinajstić information content (AvgIpc) is 2.70. The molecule has 0 unspecified atom stereocenters. The van der Waals surface area contributed by atoms with E-state index in [4.69, 9.17) is 5.11 Å². The third-order valence-electron chi connectivity index (χ3n) is 3.56. The molecule has 92 valence electrons.